The molecule has 1 saturated carbocycles. The molecular weight excluding hydrogens is 222 g/mol. The van der Waals surface area contributed by atoms with Crippen molar-refractivity contribution in [2.45, 2.75) is 25.9 Å². The molecule has 1 aromatic heterocycles. The second-order valence-electron chi connectivity index (χ2n) is 4.79. The third-order valence-corrected chi connectivity index (χ3v) is 4.23. The van der Waals surface area contributed by atoms with E-state index < -0.39 is 5.60 Å². The first kappa shape index (κ1) is 11.6. The van der Waals surface area contributed by atoms with Crippen molar-refractivity contribution < 1.29 is 9.90 Å². The van der Waals surface area contributed by atoms with E-state index >= 15 is 0 Å². The van der Waals surface area contributed by atoms with Gasteiger partial charge in [-0.1, -0.05) is 13.0 Å². The van der Waals surface area contributed by atoms with Gasteiger partial charge in [-0.2, -0.15) is 0 Å². The highest BCUT2D eigenvalue weighted by atomic mass is 32.1. The van der Waals surface area contributed by atoms with Crippen LogP contribution in [0.2, 0.25) is 0 Å². The molecule has 1 aromatic rings. The Bertz CT molecular complexity index is 372. The SMILES string of the molecule is CC1CC1C(=O)NCC(C)(O)c1cccs1. The van der Waals surface area contributed by atoms with Crippen LogP contribution in [0.1, 0.15) is 25.1 Å². The molecule has 88 valence electrons. The summed E-state index contributed by atoms with van der Waals surface area (Å²) in [5, 5.41) is 14.9. The Kier molecular flexibility index (Phi) is 3.04. The van der Waals surface area contributed by atoms with Crippen LogP contribution < -0.4 is 5.32 Å². The Labute approximate surface area is 99.5 Å². The van der Waals surface area contributed by atoms with Crippen molar-refractivity contribution in [3.05, 3.63) is 22.4 Å². The zero-order chi connectivity index (χ0) is 11.8. The summed E-state index contributed by atoms with van der Waals surface area (Å²) < 4.78 is 0. The van der Waals surface area contributed by atoms with E-state index in [4.69, 9.17) is 0 Å². The van der Waals surface area contributed by atoms with Gasteiger partial charge in [0.2, 0.25) is 5.91 Å². The van der Waals surface area contributed by atoms with Gasteiger partial charge in [0.05, 0.1) is 6.54 Å². The predicted molar refractivity (Wildman–Crippen MR) is 64.2 cm³/mol. The van der Waals surface area contributed by atoms with Gasteiger partial charge in [-0.3, -0.25) is 4.79 Å². The zero-order valence-electron chi connectivity index (χ0n) is 9.56. The van der Waals surface area contributed by atoms with Crippen molar-refractivity contribution in [3.63, 3.8) is 0 Å². The van der Waals surface area contributed by atoms with Gasteiger partial charge in [0.25, 0.3) is 0 Å². The topological polar surface area (TPSA) is 49.3 Å². The van der Waals surface area contributed by atoms with Gasteiger partial charge >= 0.3 is 0 Å². The highest BCUT2D eigenvalue weighted by Crippen LogP contribution is 2.37. The summed E-state index contributed by atoms with van der Waals surface area (Å²) in [6.45, 7) is 4.09. The lowest BCUT2D eigenvalue weighted by atomic mass is 10.1. The molecule has 0 bridgehead atoms. The molecule has 3 unspecified atom stereocenters. The van der Waals surface area contributed by atoms with E-state index in [0.29, 0.717) is 5.92 Å². The lowest BCUT2D eigenvalue weighted by molar-refractivity contribution is -0.123. The minimum Gasteiger partial charge on any atom is -0.383 e. The van der Waals surface area contributed by atoms with E-state index in [0.717, 1.165) is 11.3 Å². The number of amides is 1. The summed E-state index contributed by atoms with van der Waals surface area (Å²) in [6, 6.07) is 3.79. The summed E-state index contributed by atoms with van der Waals surface area (Å²) in [7, 11) is 0. The standard InChI is InChI=1S/C12H17NO2S/c1-8-6-9(8)11(14)13-7-12(2,15)10-4-3-5-16-10/h3-5,8-9,15H,6-7H2,1-2H3,(H,13,14). The molecule has 16 heavy (non-hydrogen) atoms. The molecule has 3 atom stereocenters. The largest absolute Gasteiger partial charge is 0.383 e. The van der Waals surface area contributed by atoms with E-state index in [1.807, 2.05) is 17.5 Å². The van der Waals surface area contributed by atoms with Crippen LogP contribution in [-0.2, 0) is 10.4 Å². The van der Waals surface area contributed by atoms with E-state index in [1.165, 1.54) is 11.3 Å². The van der Waals surface area contributed by atoms with E-state index in [1.54, 1.807) is 6.92 Å². The Morgan fingerprint density at radius 2 is 2.44 bits per heavy atom. The van der Waals surface area contributed by atoms with Gasteiger partial charge in [-0.05, 0) is 30.7 Å². The molecule has 0 spiro atoms. The van der Waals surface area contributed by atoms with Crippen LogP contribution in [0.5, 0.6) is 0 Å². The number of rotatable bonds is 4. The maximum absolute atomic E-state index is 11.6. The van der Waals surface area contributed by atoms with Crippen LogP contribution in [0.15, 0.2) is 17.5 Å². The second kappa shape index (κ2) is 4.18. The Morgan fingerprint density at radius 3 is 2.94 bits per heavy atom. The summed E-state index contributed by atoms with van der Waals surface area (Å²) in [5.74, 6) is 0.746. The van der Waals surface area contributed by atoms with Crippen LogP contribution in [0.3, 0.4) is 0 Å². The monoisotopic (exact) mass is 239 g/mol. The maximum atomic E-state index is 11.6. The fourth-order valence-corrected chi connectivity index (χ4v) is 2.54. The van der Waals surface area contributed by atoms with Crippen molar-refractivity contribution in [2.75, 3.05) is 6.54 Å². The van der Waals surface area contributed by atoms with Crippen LogP contribution in [0, 0.1) is 11.8 Å². The molecule has 2 rings (SSSR count). The Morgan fingerprint density at radius 1 is 1.75 bits per heavy atom. The highest BCUT2D eigenvalue weighted by molar-refractivity contribution is 7.10. The van der Waals surface area contributed by atoms with Crippen molar-refractivity contribution in [1.29, 1.82) is 0 Å². The van der Waals surface area contributed by atoms with Gasteiger partial charge in [0.1, 0.15) is 5.60 Å². The van der Waals surface area contributed by atoms with Crippen LogP contribution >= 0.6 is 11.3 Å². The predicted octanol–water partition coefficient (Wildman–Crippen LogP) is 1.73. The number of aliphatic hydroxyl groups is 1. The molecule has 1 heterocycles. The summed E-state index contributed by atoms with van der Waals surface area (Å²) in [5.41, 5.74) is -0.956. The molecule has 0 aromatic carbocycles. The zero-order valence-corrected chi connectivity index (χ0v) is 10.4. The van der Waals surface area contributed by atoms with Gasteiger partial charge in [0, 0.05) is 10.8 Å². The van der Waals surface area contributed by atoms with Crippen LogP contribution in [-0.4, -0.2) is 17.6 Å². The van der Waals surface area contributed by atoms with Crippen molar-refractivity contribution in [3.8, 4) is 0 Å². The molecular formula is C12H17NO2S. The third kappa shape index (κ3) is 2.44. The lowest BCUT2D eigenvalue weighted by Gasteiger charge is -2.22. The fourth-order valence-electron chi connectivity index (χ4n) is 1.75. The van der Waals surface area contributed by atoms with Gasteiger partial charge < -0.3 is 10.4 Å². The summed E-state index contributed by atoms with van der Waals surface area (Å²) >= 11 is 1.50. The molecule has 1 aliphatic carbocycles. The van der Waals surface area contributed by atoms with Crippen molar-refractivity contribution in [1.82, 2.24) is 5.32 Å². The number of nitrogens with one attached hydrogen (secondary N) is 1. The van der Waals surface area contributed by atoms with Crippen molar-refractivity contribution in [2.24, 2.45) is 11.8 Å². The van der Waals surface area contributed by atoms with E-state index in [2.05, 4.69) is 12.2 Å². The molecule has 0 radical (unpaired) electrons. The van der Waals surface area contributed by atoms with Crippen molar-refractivity contribution >= 4 is 17.2 Å². The van der Waals surface area contributed by atoms with Gasteiger partial charge in [-0.25, -0.2) is 0 Å². The smallest absolute Gasteiger partial charge is 0.223 e. The molecule has 0 aliphatic heterocycles. The van der Waals surface area contributed by atoms with Crippen LogP contribution in [0.4, 0.5) is 0 Å². The van der Waals surface area contributed by atoms with E-state index in [-0.39, 0.29) is 18.4 Å². The van der Waals surface area contributed by atoms with Gasteiger partial charge in [0.15, 0.2) is 0 Å². The Balaban J connectivity index is 1.87. The number of hydrogen-bond donors (Lipinski definition) is 2. The third-order valence-electron chi connectivity index (χ3n) is 3.11. The summed E-state index contributed by atoms with van der Waals surface area (Å²) in [6.07, 6.45) is 0.979. The number of thiophene rings is 1. The molecule has 2 N–H and O–H groups in total. The normalized spacial score (nSPS) is 27.2. The quantitative estimate of drug-likeness (QED) is 0.840. The molecule has 4 heteroatoms. The molecule has 1 amide bonds. The summed E-state index contributed by atoms with van der Waals surface area (Å²) in [4.78, 5) is 12.5. The average Bonchev–Trinajstić information content (AvgIpc) is 2.76. The molecule has 0 saturated heterocycles. The first-order chi connectivity index (χ1) is 7.50. The number of carbonyl (C=O) groups excluding carboxylic acids is 1. The van der Waals surface area contributed by atoms with E-state index in [9.17, 15) is 9.90 Å². The number of hydrogen-bond acceptors (Lipinski definition) is 3. The fraction of sp³-hybridized carbons (Fsp3) is 0.583. The number of carbonyl (C=O) groups is 1. The highest BCUT2D eigenvalue weighted by Gasteiger charge is 2.39. The Hall–Kier alpha value is -0.870. The maximum Gasteiger partial charge on any atom is 0.223 e. The van der Waals surface area contributed by atoms with Gasteiger partial charge in [-0.15, -0.1) is 11.3 Å². The average molecular weight is 239 g/mol. The van der Waals surface area contributed by atoms with Crippen LogP contribution in [0.25, 0.3) is 0 Å². The minimum absolute atomic E-state index is 0.0735. The minimum atomic E-state index is -0.956. The molecule has 1 fully saturated rings. The second-order valence-corrected chi connectivity index (χ2v) is 5.74. The first-order valence-electron chi connectivity index (χ1n) is 5.55. The molecule has 1 aliphatic rings. The molecule has 3 nitrogen and oxygen atoms in total. The first-order valence-corrected chi connectivity index (χ1v) is 6.43. The lowest BCUT2D eigenvalue weighted by Crippen LogP contribution is -2.38.